The third-order valence-corrected chi connectivity index (χ3v) is 6.78. The van der Waals surface area contributed by atoms with Crippen molar-refractivity contribution in [1.29, 1.82) is 0 Å². The lowest BCUT2D eigenvalue weighted by Gasteiger charge is -2.22. The highest BCUT2D eigenvalue weighted by molar-refractivity contribution is 7.89. The van der Waals surface area contributed by atoms with Gasteiger partial charge in [0.15, 0.2) is 0 Å². The minimum Gasteiger partial charge on any atom is -0.497 e. The first-order valence-electron chi connectivity index (χ1n) is 9.75. The van der Waals surface area contributed by atoms with E-state index in [4.69, 9.17) is 21.1 Å². The van der Waals surface area contributed by atoms with Gasteiger partial charge < -0.3 is 14.8 Å². The molecule has 0 aromatic heterocycles. The van der Waals surface area contributed by atoms with E-state index in [2.05, 4.69) is 5.32 Å². The van der Waals surface area contributed by atoms with Crippen molar-refractivity contribution in [3.05, 3.63) is 83.1 Å². The van der Waals surface area contributed by atoms with E-state index in [9.17, 15) is 17.6 Å². The number of benzene rings is 3. The Labute approximate surface area is 196 Å². The molecule has 0 saturated heterocycles. The molecule has 7 nitrogen and oxygen atoms in total. The smallest absolute Gasteiger partial charge is 0.243 e. The van der Waals surface area contributed by atoms with Crippen molar-refractivity contribution >= 4 is 33.2 Å². The molecule has 3 aromatic rings. The Morgan fingerprint density at radius 2 is 1.67 bits per heavy atom. The van der Waals surface area contributed by atoms with Gasteiger partial charge in [0.2, 0.25) is 15.9 Å². The van der Waals surface area contributed by atoms with E-state index < -0.39 is 28.3 Å². The van der Waals surface area contributed by atoms with Gasteiger partial charge in [-0.05, 0) is 54.1 Å². The van der Waals surface area contributed by atoms with Gasteiger partial charge in [-0.1, -0.05) is 23.7 Å². The van der Waals surface area contributed by atoms with Crippen LogP contribution < -0.4 is 14.8 Å². The van der Waals surface area contributed by atoms with E-state index in [1.165, 1.54) is 62.8 Å². The highest BCUT2D eigenvalue weighted by atomic mass is 35.5. The summed E-state index contributed by atoms with van der Waals surface area (Å²) in [5.41, 5.74) is 0.873. The Balaban J connectivity index is 1.88. The molecule has 0 aliphatic heterocycles. The fourth-order valence-corrected chi connectivity index (χ4v) is 4.54. The van der Waals surface area contributed by atoms with Gasteiger partial charge in [-0.2, -0.15) is 4.31 Å². The SMILES string of the molecule is COc1ccc(NC(=O)CN(Cc2ccc(F)cc2)S(=O)(=O)c2ccc(Cl)cc2)c(OC)c1. The molecular weight excluding hydrogens is 471 g/mol. The molecule has 0 saturated carbocycles. The van der Waals surface area contributed by atoms with Crippen molar-refractivity contribution in [2.75, 3.05) is 26.1 Å². The topological polar surface area (TPSA) is 84.9 Å². The molecular formula is C23H22ClFN2O5S. The molecule has 174 valence electrons. The number of hydrogen-bond acceptors (Lipinski definition) is 5. The predicted molar refractivity (Wildman–Crippen MR) is 124 cm³/mol. The summed E-state index contributed by atoms with van der Waals surface area (Å²) < 4.78 is 51.3. The number of halogens is 2. The first-order chi connectivity index (χ1) is 15.7. The Hall–Kier alpha value is -3.14. The maximum absolute atomic E-state index is 13.3. The van der Waals surface area contributed by atoms with Crippen molar-refractivity contribution in [2.45, 2.75) is 11.4 Å². The van der Waals surface area contributed by atoms with Crippen LogP contribution in [0.25, 0.3) is 0 Å². The van der Waals surface area contributed by atoms with Gasteiger partial charge in [-0.15, -0.1) is 0 Å². The minimum atomic E-state index is -4.07. The van der Waals surface area contributed by atoms with Crippen molar-refractivity contribution in [2.24, 2.45) is 0 Å². The van der Waals surface area contributed by atoms with Crippen LogP contribution in [0.5, 0.6) is 11.5 Å². The van der Waals surface area contributed by atoms with E-state index in [-0.39, 0.29) is 11.4 Å². The Bertz CT molecular complexity index is 1220. The highest BCUT2D eigenvalue weighted by Gasteiger charge is 2.27. The van der Waals surface area contributed by atoms with E-state index >= 15 is 0 Å². The molecule has 0 aliphatic carbocycles. The summed E-state index contributed by atoms with van der Waals surface area (Å²) in [4.78, 5) is 12.8. The van der Waals surface area contributed by atoms with E-state index in [0.29, 0.717) is 27.8 Å². The number of anilines is 1. The van der Waals surface area contributed by atoms with Crippen LogP contribution >= 0.6 is 11.6 Å². The number of rotatable bonds is 9. The van der Waals surface area contributed by atoms with Gasteiger partial charge in [0, 0.05) is 17.6 Å². The van der Waals surface area contributed by atoms with Crippen molar-refractivity contribution in [3.63, 3.8) is 0 Å². The van der Waals surface area contributed by atoms with E-state index in [0.717, 1.165) is 4.31 Å². The number of carbonyl (C=O) groups is 1. The number of hydrogen-bond donors (Lipinski definition) is 1. The first-order valence-corrected chi connectivity index (χ1v) is 11.6. The molecule has 1 amide bonds. The lowest BCUT2D eigenvalue weighted by Crippen LogP contribution is -2.37. The molecule has 0 fully saturated rings. The molecule has 3 rings (SSSR count). The summed E-state index contributed by atoms with van der Waals surface area (Å²) in [6.45, 7) is -0.629. The maximum Gasteiger partial charge on any atom is 0.243 e. The molecule has 1 N–H and O–H groups in total. The number of methoxy groups -OCH3 is 2. The number of nitrogens with one attached hydrogen (secondary N) is 1. The molecule has 0 aliphatic rings. The molecule has 33 heavy (non-hydrogen) atoms. The lowest BCUT2D eigenvalue weighted by atomic mass is 10.2. The van der Waals surface area contributed by atoms with E-state index in [1.54, 1.807) is 18.2 Å². The number of nitrogens with zero attached hydrogens (tertiary/aromatic N) is 1. The normalized spacial score (nSPS) is 11.3. The number of amides is 1. The fraction of sp³-hybridized carbons (Fsp3) is 0.174. The summed E-state index contributed by atoms with van der Waals surface area (Å²) in [7, 11) is -1.13. The van der Waals surface area contributed by atoms with Crippen LogP contribution in [-0.2, 0) is 21.4 Å². The summed E-state index contributed by atoms with van der Waals surface area (Å²) in [5, 5.41) is 3.04. The van der Waals surface area contributed by atoms with Gasteiger partial charge in [-0.25, -0.2) is 12.8 Å². The number of ether oxygens (including phenoxy) is 2. The molecule has 0 bridgehead atoms. The minimum absolute atomic E-state index is 0.0242. The van der Waals surface area contributed by atoms with Crippen LogP contribution in [0.3, 0.4) is 0 Å². The Morgan fingerprint density at radius 3 is 2.27 bits per heavy atom. The van der Waals surface area contributed by atoms with Crippen LogP contribution in [0, 0.1) is 5.82 Å². The van der Waals surface area contributed by atoms with Crippen LogP contribution in [0.4, 0.5) is 10.1 Å². The lowest BCUT2D eigenvalue weighted by molar-refractivity contribution is -0.116. The quantitative estimate of drug-likeness (QED) is 0.480. The predicted octanol–water partition coefficient (Wildman–Crippen LogP) is 4.33. The number of sulfonamides is 1. The standard InChI is InChI=1S/C23H22ClFN2O5S/c1-31-19-9-12-21(22(13-19)32-2)26-23(28)15-27(14-16-3-7-18(25)8-4-16)33(29,30)20-10-5-17(24)6-11-20/h3-13H,14-15H2,1-2H3,(H,26,28). The number of carbonyl (C=O) groups excluding carboxylic acids is 1. The van der Waals surface area contributed by atoms with Crippen molar-refractivity contribution < 1.29 is 27.1 Å². The maximum atomic E-state index is 13.3. The second kappa shape index (κ2) is 10.7. The highest BCUT2D eigenvalue weighted by Crippen LogP contribution is 2.29. The van der Waals surface area contributed by atoms with Gasteiger partial charge in [-0.3, -0.25) is 4.79 Å². The van der Waals surface area contributed by atoms with Gasteiger partial charge in [0.25, 0.3) is 0 Å². The zero-order valence-corrected chi connectivity index (χ0v) is 19.5. The summed E-state index contributed by atoms with van der Waals surface area (Å²) in [5.74, 6) is -0.144. The van der Waals surface area contributed by atoms with Crippen molar-refractivity contribution in [1.82, 2.24) is 4.31 Å². The average Bonchev–Trinajstić information content (AvgIpc) is 2.80. The molecule has 0 unspecified atom stereocenters. The zero-order valence-electron chi connectivity index (χ0n) is 17.9. The second-order valence-corrected chi connectivity index (χ2v) is 9.34. The summed E-state index contributed by atoms with van der Waals surface area (Å²) in [6.07, 6.45) is 0. The largest absolute Gasteiger partial charge is 0.497 e. The zero-order chi connectivity index (χ0) is 24.0. The van der Waals surface area contributed by atoms with Gasteiger partial charge in [0.05, 0.1) is 31.3 Å². The third-order valence-electron chi connectivity index (χ3n) is 4.73. The first kappa shape index (κ1) is 24.5. The molecule has 0 spiro atoms. The Morgan fingerprint density at radius 1 is 1.00 bits per heavy atom. The Kier molecular flexibility index (Phi) is 7.91. The third kappa shape index (κ3) is 6.22. The fourth-order valence-electron chi connectivity index (χ4n) is 3.03. The molecule has 10 heteroatoms. The summed E-state index contributed by atoms with van der Waals surface area (Å²) >= 11 is 5.88. The van der Waals surface area contributed by atoms with Crippen LogP contribution in [0.1, 0.15) is 5.56 Å². The summed E-state index contributed by atoms with van der Waals surface area (Å²) in [6, 6.07) is 15.8. The van der Waals surface area contributed by atoms with Gasteiger partial charge >= 0.3 is 0 Å². The van der Waals surface area contributed by atoms with Crippen LogP contribution in [0.2, 0.25) is 5.02 Å². The molecule has 0 heterocycles. The second-order valence-electron chi connectivity index (χ2n) is 6.97. The van der Waals surface area contributed by atoms with Crippen LogP contribution in [-0.4, -0.2) is 39.4 Å². The monoisotopic (exact) mass is 492 g/mol. The molecule has 0 atom stereocenters. The molecule has 0 radical (unpaired) electrons. The van der Waals surface area contributed by atoms with E-state index in [1.807, 2.05) is 0 Å². The van der Waals surface area contributed by atoms with Crippen molar-refractivity contribution in [3.8, 4) is 11.5 Å². The average molecular weight is 493 g/mol. The molecule has 3 aromatic carbocycles. The van der Waals surface area contributed by atoms with Gasteiger partial charge in [0.1, 0.15) is 17.3 Å². The van der Waals surface area contributed by atoms with Crippen LogP contribution in [0.15, 0.2) is 71.6 Å².